The molecule has 0 radical (unpaired) electrons. The second-order valence-electron chi connectivity index (χ2n) is 8.86. The summed E-state index contributed by atoms with van der Waals surface area (Å²) in [7, 11) is 1.48. The molecule has 1 saturated carbocycles. The lowest BCUT2D eigenvalue weighted by molar-refractivity contribution is -0.144. The zero-order chi connectivity index (χ0) is 21.9. The molecule has 30 heavy (non-hydrogen) atoms. The highest BCUT2D eigenvalue weighted by molar-refractivity contribution is 6.06. The van der Waals surface area contributed by atoms with Gasteiger partial charge in [-0.05, 0) is 58.4 Å². The van der Waals surface area contributed by atoms with Gasteiger partial charge in [0, 0.05) is 26.1 Å². The number of nitrogens with one attached hydrogen (secondary N) is 2. The molecule has 5 amide bonds. The van der Waals surface area contributed by atoms with Gasteiger partial charge in [0.2, 0.25) is 11.8 Å². The minimum Gasteiger partial charge on any atom is -0.346 e. The number of urea groups is 1. The van der Waals surface area contributed by atoms with Crippen LogP contribution in [0.4, 0.5) is 4.79 Å². The van der Waals surface area contributed by atoms with Crippen molar-refractivity contribution in [1.82, 2.24) is 20.4 Å². The Kier molecular flexibility index (Phi) is 6.63. The van der Waals surface area contributed by atoms with E-state index < -0.39 is 5.54 Å². The predicted molar refractivity (Wildman–Crippen MR) is 112 cm³/mol. The molecule has 3 fully saturated rings. The smallest absolute Gasteiger partial charge is 0.324 e. The second-order valence-corrected chi connectivity index (χ2v) is 8.86. The zero-order valence-electron chi connectivity index (χ0n) is 18.1. The summed E-state index contributed by atoms with van der Waals surface area (Å²) in [5, 5.41) is 5.73. The van der Waals surface area contributed by atoms with Gasteiger partial charge in [0.15, 0.2) is 0 Å². The molecule has 0 aromatic carbocycles. The van der Waals surface area contributed by atoms with Crippen LogP contribution in [0.1, 0.15) is 52.4 Å². The van der Waals surface area contributed by atoms with E-state index in [0.717, 1.165) is 17.7 Å². The molecule has 0 unspecified atom stereocenters. The molecule has 1 aliphatic carbocycles. The maximum Gasteiger partial charge on any atom is 0.324 e. The van der Waals surface area contributed by atoms with E-state index in [1.807, 2.05) is 6.08 Å². The maximum absolute atomic E-state index is 12.7. The Morgan fingerprint density at radius 2 is 1.83 bits per heavy atom. The monoisotopic (exact) mass is 416 g/mol. The van der Waals surface area contributed by atoms with Crippen LogP contribution < -0.4 is 10.6 Å². The Hall–Kier alpha value is -2.64. The van der Waals surface area contributed by atoms with Crippen LogP contribution in [0.25, 0.3) is 0 Å². The number of hydrogen-bond acceptors (Lipinski definition) is 4. The molecular weight excluding hydrogens is 384 g/mol. The van der Waals surface area contributed by atoms with E-state index in [0.29, 0.717) is 38.8 Å². The maximum atomic E-state index is 12.7. The quantitative estimate of drug-likeness (QED) is 0.298. The number of unbranched alkanes of at least 4 members (excludes halogenated alkanes) is 1. The van der Waals surface area contributed by atoms with Crippen molar-refractivity contribution < 1.29 is 19.2 Å². The van der Waals surface area contributed by atoms with E-state index in [-0.39, 0.29) is 35.7 Å². The third kappa shape index (κ3) is 4.74. The number of hydrogen-bond donors (Lipinski definition) is 2. The molecule has 2 heterocycles. The fourth-order valence-corrected chi connectivity index (χ4v) is 4.37. The van der Waals surface area contributed by atoms with Gasteiger partial charge in [-0.2, -0.15) is 0 Å². The lowest BCUT2D eigenvalue weighted by Crippen LogP contribution is -2.62. The van der Waals surface area contributed by atoms with Crippen molar-refractivity contribution in [2.24, 2.45) is 5.92 Å². The molecule has 164 valence electrons. The van der Waals surface area contributed by atoms with Gasteiger partial charge < -0.3 is 15.5 Å². The number of nitrogens with zero attached hydrogens (tertiary/aromatic N) is 2. The molecular formula is C22H32N4O4. The van der Waals surface area contributed by atoms with Crippen molar-refractivity contribution in [1.29, 1.82) is 0 Å². The predicted octanol–water partition coefficient (Wildman–Crippen LogP) is 1.73. The average molecular weight is 417 g/mol. The Morgan fingerprint density at radius 1 is 1.17 bits per heavy atom. The Morgan fingerprint density at radius 3 is 2.40 bits per heavy atom. The van der Waals surface area contributed by atoms with E-state index in [1.54, 1.807) is 11.0 Å². The summed E-state index contributed by atoms with van der Waals surface area (Å²) < 4.78 is 0. The summed E-state index contributed by atoms with van der Waals surface area (Å²) >= 11 is 0. The Bertz CT molecular complexity index is 770. The summed E-state index contributed by atoms with van der Waals surface area (Å²) in [4.78, 5) is 51.7. The van der Waals surface area contributed by atoms with Crippen LogP contribution in [0.2, 0.25) is 0 Å². The minimum absolute atomic E-state index is 0.0110. The van der Waals surface area contributed by atoms with Gasteiger partial charge in [0.25, 0.3) is 5.91 Å². The third-order valence-corrected chi connectivity index (χ3v) is 6.25. The number of amides is 5. The molecule has 2 N–H and O–H groups in total. The van der Waals surface area contributed by atoms with Gasteiger partial charge in [-0.15, -0.1) is 0 Å². The molecule has 8 nitrogen and oxygen atoms in total. The van der Waals surface area contributed by atoms with Crippen LogP contribution in [0, 0.1) is 5.92 Å². The fraction of sp³-hybridized carbons (Fsp3) is 0.636. The SMILES string of the molecule is CC(C)=CCC/C=C/C(=O)NC1CN(C(=O)C2CCC3(CC2)NC(=O)N(C)C3=O)C1. The van der Waals surface area contributed by atoms with Crippen molar-refractivity contribution in [3.8, 4) is 0 Å². The zero-order valence-corrected chi connectivity index (χ0v) is 18.1. The van der Waals surface area contributed by atoms with Crippen LogP contribution >= 0.6 is 0 Å². The topological polar surface area (TPSA) is 98.8 Å². The van der Waals surface area contributed by atoms with E-state index in [1.165, 1.54) is 12.6 Å². The number of carbonyl (C=O) groups is 4. The van der Waals surface area contributed by atoms with Gasteiger partial charge in [0.05, 0.1) is 6.04 Å². The molecule has 0 atom stereocenters. The number of likely N-dealkylation sites (tertiary alicyclic amines) is 1. The number of rotatable bonds is 6. The lowest BCUT2D eigenvalue weighted by atomic mass is 9.75. The number of likely N-dealkylation sites (N-methyl/N-ethyl adjacent to an activating group) is 1. The van der Waals surface area contributed by atoms with Gasteiger partial charge in [-0.25, -0.2) is 4.79 Å². The molecule has 0 bridgehead atoms. The summed E-state index contributed by atoms with van der Waals surface area (Å²) in [6.07, 6.45) is 9.47. The molecule has 0 aromatic heterocycles. The van der Waals surface area contributed by atoms with E-state index in [9.17, 15) is 19.2 Å². The van der Waals surface area contributed by atoms with Crippen LogP contribution in [0.3, 0.4) is 0 Å². The van der Waals surface area contributed by atoms with E-state index in [4.69, 9.17) is 0 Å². The molecule has 3 rings (SSSR count). The Labute approximate surface area is 177 Å². The lowest BCUT2D eigenvalue weighted by Gasteiger charge is -2.43. The highest BCUT2D eigenvalue weighted by Gasteiger charge is 2.52. The van der Waals surface area contributed by atoms with Crippen LogP contribution in [-0.4, -0.2) is 65.3 Å². The first-order valence-corrected chi connectivity index (χ1v) is 10.7. The van der Waals surface area contributed by atoms with Gasteiger partial charge in [-0.3, -0.25) is 19.3 Å². The van der Waals surface area contributed by atoms with Gasteiger partial charge in [0.1, 0.15) is 5.54 Å². The van der Waals surface area contributed by atoms with Crippen LogP contribution in [0.5, 0.6) is 0 Å². The second kappa shape index (κ2) is 9.02. The minimum atomic E-state index is -0.827. The third-order valence-electron chi connectivity index (χ3n) is 6.25. The molecule has 2 saturated heterocycles. The average Bonchev–Trinajstić information content (AvgIpc) is 2.87. The highest BCUT2D eigenvalue weighted by atomic mass is 16.2. The van der Waals surface area contributed by atoms with E-state index in [2.05, 4.69) is 30.6 Å². The summed E-state index contributed by atoms with van der Waals surface area (Å²) in [5.74, 6) is -0.363. The van der Waals surface area contributed by atoms with Crippen molar-refractivity contribution in [3.05, 3.63) is 23.8 Å². The fourth-order valence-electron chi connectivity index (χ4n) is 4.37. The molecule has 3 aliphatic rings. The standard InChI is InChI=1S/C22H32N4O4/c1-15(2)7-5-4-6-8-18(27)23-17-13-26(14-17)19(28)16-9-11-22(12-10-16)20(29)25(3)21(30)24-22/h6-8,16-17H,4-5,9-14H2,1-3H3,(H,23,27)(H,24,30)/b8-6+. The molecule has 2 aliphatic heterocycles. The first-order chi connectivity index (χ1) is 14.2. The van der Waals surface area contributed by atoms with Crippen molar-refractivity contribution >= 4 is 23.8 Å². The van der Waals surface area contributed by atoms with Crippen molar-refractivity contribution in [2.75, 3.05) is 20.1 Å². The summed E-state index contributed by atoms with van der Waals surface area (Å²) in [5.41, 5.74) is 0.443. The molecule has 0 aromatic rings. The van der Waals surface area contributed by atoms with Gasteiger partial charge in [-0.1, -0.05) is 17.7 Å². The summed E-state index contributed by atoms with van der Waals surface area (Å²) in [6, 6.07) is -0.375. The highest BCUT2D eigenvalue weighted by Crippen LogP contribution is 2.37. The number of carbonyl (C=O) groups excluding carboxylic acids is 4. The largest absolute Gasteiger partial charge is 0.346 e. The normalized spacial score (nSPS) is 26.7. The number of imide groups is 1. The van der Waals surface area contributed by atoms with Crippen molar-refractivity contribution in [2.45, 2.75) is 64.0 Å². The first-order valence-electron chi connectivity index (χ1n) is 10.7. The molecule has 1 spiro atoms. The van der Waals surface area contributed by atoms with Crippen LogP contribution in [0.15, 0.2) is 23.8 Å². The summed E-state index contributed by atoms with van der Waals surface area (Å²) in [6.45, 7) is 5.15. The number of allylic oxidation sites excluding steroid dienone is 3. The molecule has 8 heteroatoms. The van der Waals surface area contributed by atoms with Crippen LogP contribution in [-0.2, 0) is 14.4 Å². The Balaban J connectivity index is 1.37. The van der Waals surface area contributed by atoms with Crippen molar-refractivity contribution in [3.63, 3.8) is 0 Å². The van der Waals surface area contributed by atoms with Gasteiger partial charge >= 0.3 is 6.03 Å². The first kappa shape index (κ1) is 22.1. The van der Waals surface area contributed by atoms with E-state index >= 15 is 0 Å².